The topological polar surface area (TPSA) is 40.5 Å². The van der Waals surface area contributed by atoms with Crippen molar-refractivity contribution < 1.29 is 14.3 Å². The van der Waals surface area contributed by atoms with Crippen LogP contribution in [0, 0.1) is 29.0 Å². The number of nitrogens with zero attached hydrogens (tertiary/aromatic N) is 1. The Hall–Kier alpha value is -2.46. The van der Waals surface area contributed by atoms with Gasteiger partial charge >= 0.3 is 0 Å². The summed E-state index contributed by atoms with van der Waals surface area (Å²) in [5.74, 6) is 1.09. The Kier molecular flexibility index (Phi) is 5.40. The van der Waals surface area contributed by atoms with Crippen molar-refractivity contribution in [2.24, 2.45) is 23.2 Å². The van der Waals surface area contributed by atoms with E-state index in [0.717, 1.165) is 70.0 Å². The lowest BCUT2D eigenvalue weighted by Crippen LogP contribution is -2.44. The molecule has 1 N–H and O–H groups in total. The van der Waals surface area contributed by atoms with Crippen LogP contribution >= 0.6 is 0 Å². The summed E-state index contributed by atoms with van der Waals surface area (Å²) in [5, 5.41) is 10.1. The molecule has 6 rings (SSSR count). The Bertz CT molecular complexity index is 1130. The summed E-state index contributed by atoms with van der Waals surface area (Å²) < 4.78 is 14.5. The first-order valence-corrected chi connectivity index (χ1v) is 13.0. The molecule has 3 aliphatic carbocycles. The van der Waals surface area contributed by atoms with Gasteiger partial charge in [0.05, 0.1) is 6.26 Å². The quantitative estimate of drug-likeness (QED) is 0.429. The van der Waals surface area contributed by atoms with Crippen LogP contribution in [-0.2, 0) is 24.3 Å². The minimum atomic E-state index is -0.408. The molecular formula is C30H34FNO2. The zero-order valence-corrected chi connectivity index (χ0v) is 20.0. The average molecular weight is 460 g/mol. The number of carbonyl (C=O) groups excluding carboxylic acids is 1. The number of Topliss-reactive ketones (excluding diaryl/α,β-unsaturated/α-hetero) is 1. The number of hydrogen-bond acceptors (Lipinski definition) is 3. The van der Waals surface area contributed by atoms with Crippen molar-refractivity contribution in [1.29, 1.82) is 0 Å². The fourth-order valence-corrected chi connectivity index (χ4v) is 8.11. The van der Waals surface area contributed by atoms with Crippen molar-refractivity contribution >= 4 is 5.78 Å². The lowest BCUT2D eigenvalue weighted by molar-refractivity contribution is -0.127. The van der Waals surface area contributed by atoms with Crippen LogP contribution in [0.15, 0.2) is 54.3 Å². The van der Waals surface area contributed by atoms with E-state index in [9.17, 15) is 14.3 Å². The summed E-state index contributed by atoms with van der Waals surface area (Å²) in [5.41, 5.74) is 5.13. The fraction of sp³-hybridized carbons (Fsp3) is 0.500. The van der Waals surface area contributed by atoms with E-state index >= 15 is 0 Å². The Labute approximate surface area is 201 Å². The number of hydrogen-bond donors (Lipinski definition) is 1. The second-order valence-corrected chi connectivity index (χ2v) is 11.2. The predicted octanol–water partition coefficient (Wildman–Crippen LogP) is 6.32. The zero-order chi connectivity index (χ0) is 23.4. The molecule has 0 bridgehead atoms. The van der Waals surface area contributed by atoms with E-state index in [1.165, 1.54) is 16.7 Å². The van der Waals surface area contributed by atoms with Gasteiger partial charge in [-0.15, -0.1) is 0 Å². The molecule has 1 heterocycles. The van der Waals surface area contributed by atoms with Crippen molar-refractivity contribution in [2.75, 3.05) is 6.54 Å². The highest BCUT2D eigenvalue weighted by molar-refractivity contribution is 6.03. The SMILES string of the molecule is C[C@]12CCC3c4cccc(F)c4CCC3C1[C@H](CCCN1Cc3ccccc3C1)/C(=C/O)C2=O. The molecule has 0 spiro atoms. The van der Waals surface area contributed by atoms with Crippen molar-refractivity contribution in [3.8, 4) is 0 Å². The molecule has 5 atom stereocenters. The monoisotopic (exact) mass is 459 g/mol. The Morgan fingerprint density at radius 2 is 1.88 bits per heavy atom. The first-order valence-electron chi connectivity index (χ1n) is 13.0. The van der Waals surface area contributed by atoms with E-state index in [2.05, 4.69) is 42.2 Å². The van der Waals surface area contributed by atoms with Gasteiger partial charge in [0.15, 0.2) is 5.78 Å². The largest absolute Gasteiger partial charge is 0.515 e. The molecule has 2 aromatic carbocycles. The molecule has 2 fully saturated rings. The molecule has 4 aliphatic rings. The third-order valence-electron chi connectivity index (χ3n) is 9.62. The molecule has 2 aromatic rings. The maximum absolute atomic E-state index is 14.5. The number of benzene rings is 2. The minimum absolute atomic E-state index is 0.0779. The third kappa shape index (κ3) is 3.29. The number of carbonyl (C=O) groups is 1. The molecule has 0 aromatic heterocycles. The summed E-state index contributed by atoms with van der Waals surface area (Å²) in [4.78, 5) is 16.0. The summed E-state index contributed by atoms with van der Waals surface area (Å²) in [6, 6.07) is 14.2. The molecule has 0 saturated heterocycles. The average Bonchev–Trinajstić information content (AvgIpc) is 3.35. The van der Waals surface area contributed by atoms with Gasteiger partial charge in [0.2, 0.25) is 0 Å². The first-order chi connectivity index (χ1) is 16.5. The van der Waals surface area contributed by atoms with Crippen LogP contribution in [0.4, 0.5) is 4.39 Å². The predicted molar refractivity (Wildman–Crippen MR) is 131 cm³/mol. The standard InChI is InChI=1S/C30H34FNO2/c1-30-14-13-22-21-8-4-10-27(31)23(21)11-12-25(22)28(30)24(26(18-33)29(30)34)9-5-15-32-16-19-6-2-3-7-20(19)17-32/h2-4,6-8,10,18,22,24-25,28,33H,5,9,11-17H2,1H3/b26-18-/t22?,24-,25?,28?,30+/m1/s1. The Morgan fingerprint density at radius 1 is 1.12 bits per heavy atom. The highest BCUT2D eigenvalue weighted by Gasteiger charge is 2.60. The molecule has 1 aliphatic heterocycles. The number of rotatable bonds is 4. The number of fused-ring (bicyclic) bond motifs is 6. The first kappa shape index (κ1) is 22.0. The number of aliphatic hydroxyl groups is 1. The molecule has 34 heavy (non-hydrogen) atoms. The van der Waals surface area contributed by atoms with E-state index in [0.29, 0.717) is 17.4 Å². The van der Waals surface area contributed by atoms with Crippen molar-refractivity contribution in [3.63, 3.8) is 0 Å². The number of halogens is 1. The van der Waals surface area contributed by atoms with Gasteiger partial charge in [0, 0.05) is 24.1 Å². The highest BCUT2D eigenvalue weighted by Crippen LogP contribution is 2.63. The maximum Gasteiger partial charge on any atom is 0.168 e. The highest BCUT2D eigenvalue weighted by atomic mass is 19.1. The van der Waals surface area contributed by atoms with Crippen LogP contribution in [0.3, 0.4) is 0 Å². The van der Waals surface area contributed by atoms with Crippen LogP contribution in [0.5, 0.6) is 0 Å². The smallest absolute Gasteiger partial charge is 0.168 e. The number of ketones is 1. The molecule has 178 valence electrons. The molecule has 3 unspecified atom stereocenters. The Balaban J connectivity index is 1.23. The van der Waals surface area contributed by atoms with Crippen molar-refractivity contribution in [1.82, 2.24) is 4.90 Å². The minimum Gasteiger partial charge on any atom is -0.515 e. The van der Waals surface area contributed by atoms with Gasteiger partial charge < -0.3 is 5.11 Å². The lowest BCUT2D eigenvalue weighted by atomic mass is 9.54. The van der Waals surface area contributed by atoms with Crippen LogP contribution < -0.4 is 0 Å². The van der Waals surface area contributed by atoms with Gasteiger partial charge in [-0.1, -0.05) is 43.3 Å². The van der Waals surface area contributed by atoms with E-state index in [4.69, 9.17) is 0 Å². The van der Waals surface area contributed by atoms with E-state index in [-0.39, 0.29) is 23.4 Å². The van der Waals surface area contributed by atoms with Gasteiger partial charge in [0.1, 0.15) is 5.82 Å². The third-order valence-corrected chi connectivity index (χ3v) is 9.62. The summed E-state index contributed by atoms with van der Waals surface area (Å²) in [6.45, 7) is 5.13. The van der Waals surface area contributed by atoms with E-state index in [1.54, 1.807) is 6.07 Å². The van der Waals surface area contributed by atoms with Crippen LogP contribution in [0.1, 0.15) is 67.2 Å². The van der Waals surface area contributed by atoms with E-state index in [1.807, 2.05) is 6.07 Å². The van der Waals surface area contributed by atoms with Crippen LogP contribution in [0.25, 0.3) is 0 Å². The maximum atomic E-state index is 14.5. The molecular weight excluding hydrogens is 425 g/mol. The van der Waals surface area contributed by atoms with Gasteiger partial charge in [-0.3, -0.25) is 9.69 Å². The van der Waals surface area contributed by atoms with Crippen LogP contribution in [0.2, 0.25) is 0 Å². The second-order valence-electron chi connectivity index (χ2n) is 11.2. The number of aliphatic hydroxyl groups excluding tert-OH is 1. The van der Waals surface area contributed by atoms with Gasteiger partial charge in [-0.05, 0) is 97.1 Å². The summed E-state index contributed by atoms with van der Waals surface area (Å²) in [7, 11) is 0. The van der Waals surface area contributed by atoms with Crippen LogP contribution in [-0.4, -0.2) is 22.3 Å². The fourth-order valence-electron chi connectivity index (χ4n) is 8.11. The molecule has 3 nitrogen and oxygen atoms in total. The normalized spacial score (nSPS) is 33.5. The molecule has 4 heteroatoms. The van der Waals surface area contributed by atoms with Crippen molar-refractivity contribution in [2.45, 2.75) is 64.5 Å². The molecule has 0 radical (unpaired) electrons. The zero-order valence-electron chi connectivity index (χ0n) is 20.0. The summed E-state index contributed by atoms with van der Waals surface area (Å²) in [6.07, 6.45) is 6.49. The van der Waals surface area contributed by atoms with Gasteiger partial charge in [-0.2, -0.15) is 0 Å². The Morgan fingerprint density at radius 3 is 2.62 bits per heavy atom. The van der Waals surface area contributed by atoms with E-state index < -0.39 is 5.41 Å². The summed E-state index contributed by atoms with van der Waals surface area (Å²) >= 11 is 0. The van der Waals surface area contributed by atoms with Crippen molar-refractivity contribution in [3.05, 3.63) is 82.4 Å². The van der Waals surface area contributed by atoms with Gasteiger partial charge in [-0.25, -0.2) is 4.39 Å². The molecule has 0 amide bonds. The lowest BCUT2D eigenvalue weighted by Gasteiger charge is -2.49. The molecule has 2 saturated carbocycles. The van der Waals surface area contributed by atoms with Gasteiger partial charge in [0.25, 0.3) is 0 Å². The number of allylic oxidation sites excluding steroid dienone is 1. The second kappa shape index (κ2) is 8.34.